The zero-order valence-electron chi connectivity index (χ0n) is 17.6. The van der Waals surface area contributed by atoms with Gasteiger partial charge in [-0.1, -0.05) is 49.6 Å². The zero-order chi connectivity index (χ0) is 21.0. The van der Waals surface area contributed by atoms with Crippen molar-refractivity contribution in [3.8, 4) is 11.1 Å². The maximum atomic E-state index is 13.1. The van der Waals surface area contributed by atoms with Crippen LogP contribution in [0.4, 0.5) is 0 Å². The number of primary amides is 1. The molecule has 5 nitrogen and oxygen atoms in total. The Kier molecular flexibility index (Phi) is 6.16. The summed E-state index contributed by atoms with van der Waals surface area (Å²) in [7, 11) is 0. The van der Waals surface area contributed by atoms with Crippen molar-refractivity contribution < 1.29 is 9.59 Å². The molecule has 1 saturated heterocycles. The van der Waals surface area contributed by atoms with Crippen LogP contribution in [0.5, 0.6) is 0 Å². The second-order valence-corrected chi connectivity index (χ2v) is 8.96. The third kappa shape index (κ3) is 4.40. The number of likely N-dealkylation sites (tertiary alicyclic amines) is 1. The number of rotatable bonds is 5. The van der Waals surface area contributed by atoms with Crippen LogP contribution in [0.1, 0.15) is 50.5 Å². The highest BCUT2D eigenvalue weighted by molar-refractivity contribution is 5.84. The van der Waals surface area contributed by atoms with E-state index in [4.69, 9.17) is 5.73 Å². The molecule has 158 valence electrons. The first-order chi connectivity index (χ1) is 14.6. The molecule has 1 aromatic heterocycles. The largest absolute Gasteiger partial charge is 0.369 e. The average Bonchev–Trinajstić information content (AvgIpc) is 2.80. The number of carbonyl (C=O) groups is 2. The first-order valence-corrected chi connectivity index (χ1v) is 11.2. The Bertz CT molecular complexity index is 875. The van der Waals surface area contributed by atoms with Gasteiger partial charge in [-0.3, -0.25) is 14.6 Å². The Morgan fingerprint density at radius 1 is 1.03 bits per heavy atom. The van der Waals surface area contributed by atoms with Gasteiger partial charge < -0.3 is 10.6 Å². The summed E-state index contributed by atoms with van der Waals surface area (Å²) in [4.78, 5) is 31.8. The second-order valence-electron chi connectivity index (χ2n) is 8.96. The van der Waals surface area contributed by atoms with Crippen LogP contribution in [0.25, 0.3) is 11.1 Å². The third-order valence-corrected chi connectivity index (χ3v) is 6.86. The van der Waals surface area contributed by atoms with Gasteiger partial charge in [0.05, 0.1) is 5.41 Å². The van der Waals surface area contributed by atoms with E-state index in [9.17, 15) is 9.59 Å². The standard InChI is InChI=1S/C25H31N3O2/c26-24(30)25(13-5-15-28(18-25)23(29)21-6-2-1-3-7-21)16-19-9-11-20(12-10-19)22-8-4-14-27-17-22/h4,8-12,14,17,21H,1-3,5-7,13,15-16,18H2,(H2,26,30)/t25-/m0/s1. The Hall–Kier alpha value is -2.69. The van der Waals surface area contributed by atoms with Crippen molar-refractivity contribution in [1.82, 2.24) is 9.88 Å². The smallest absolute Gasteiger partial charge is 0.225 e. The van der Waals surface area contributed by atoms with Crippen LogP contribution < -0.4 is 5.73 Å². The topological polar surface area (TPSA) is 76.3 Å². The number of amides is 2. The van der Waals surface area contributed by atoms with Crippen molar-refractivity contribution >= 4 is 11.8 Å². The fourth-order valence-corrected chi connectivity index (χ4v) is 5.10. The molecule has 2 aliphatic rings. The highest BCUT2D eigenvalue weighted by Gasteiger charge is 2.43. The lowest BCUT2D eigenvalue weighted by Crippen LogP contribution is -2.54. The molecule has 1 aromatic carbocycles. The third-order valence-electron chi connectivity index (χ3n) is 6.86. The van der Waals surface area contributed by atoms with Crippen molar-refractivity contribution in [2.45, 2.75) is 51.4 Å². The number of hydrogen-bond acceptors (Lipinski definition) is 3. The molecular weight excluding hydrogens is 374 g/mol. The van der Waals surface area contributed by atoms with E-state index in [0.717, 1.165) is 61.8 Å². The number of piperidine rings is 1. The number of nitrogens with two attached hydrogens (primary N) is 1. The molecule has 0 unspecified atom stereocenters. The number of hydrogen-bond donors (Lipinski definition) is 1. The molecule has 2 aromatic rings. The molecule has 0 bridgehead atoms. The molecule has 1 aliphatic carbocycles. The van der Waals surface area contributed by atoms with Gasteiger partial charge in [-0.05, 0) is 54.9 Å². The molecule has 1 atom stereocenters. The van der Waals surface area contributed by atoms with Gasteiger partial charge in [0.15, 0.2) is 0 Å². The summed E-state index contributed by atoms with van der Waals surface area (Å²) >= 11 is 0. The van der Waals surface area contributed by atoms with Crippen molar-refractivity contribution in [3.05, 3.63) is 54.4 Å². The highest BCUT2D eigenvalue weighted by Crippen LogP contribution is 2.36. The van der Waals surface area contributed by atoms with Crippen LogP contribution in [-0.4, -0.2) is 34.8 Å². The molecule has 30 heavy (non-hydrogen) atoms. The normalized spacial score (nSPS) is 22.6. The van der Waals surface area contributed by atoms with Crippen molar-refractivity contribution in [1.29, 1.82) is 0 Å². The number of benzene rings is 1. The Morgan fingerprint density at radius 3 is 2.47 bits per heavy atom. The van der Waals surface area contributed by atoms with Gasteiger partial charge in [-0.15, -0.1) is 0 Å². The highest BCUT2D eigenvalue weighted by atomic mass is 16.2. The summed E-state index contributed by atoms with van der Waals surface area (Å²) in [6.45, 7) is 1.19. The van der Waals surface area contributed by atoms with Crippen molar-refractivity contribution in [2.24, 2.45) is 17.1 Å². The lowest BCUT2D eigenvalue weighted by molar-refractivity contribution is -0.143. The SMILES string of the molecule is NC(=O)[C@]1(Cc2ccc(-c3cccnc3)cc2)CCCN(C(=O)C2CCCCC2)C1. The van der Waals surface area contributed by atoms with Gasteiger partial charge in [-0.2, -0.15) is 0 Å². The molecule has 2 N–H and O–H groups in total. The predicted molar refractivity (Wildman–Crippen MR) is 117 cm³/mol. The van der Waals surface area contributed by atoms with Gasteiger partial charge in [0.2, 0.25) is 11.8 Å². The van der Waals surface area contributed by atoms with E-state index < -0.39 is 5.41 Å². The molecular formula is C25H31N3O2. The number of nitrogens with zero attached hydrogens (tertiary/aromatic N) is 2. The Labute approximate surface area is 178 Å². The van der Waals surface area contributed by atoms with Crippen LogP contribution >= 0.6 is 0 Å². The zero-order valence-corrected chi connectivity index (χ0v) is 17.6. The fourth-order valence-electron chi connectivity index (χ4n) is 5.10. The molecule has 2 heterocycles. The molecule has 0 radical (unpaired) electrons. The van der Waals surface area contributed by atoms with Crippen LogP contribution in [0, 0.1) is 11.3 Å². The lowest BCUT2D eigenvalue weighted by atomic mass is 9.74. The molecule has 5 heteroatoms. The minimum atomic E-state index is -0.682. The lowest BCUT2D eigenvalue weighted by Gasteiger charge is -2.42. The van der Waals surface area contributed by atoms with Crippen molar-refractivity contribution in [2.75, 3.05) is 13.1 Å². The van der Waals surface area contributed by atoms with E-state index >= 15 is 0 Å². The molecule has 1 saturated carbocycles. The van der Waals surface area contributed by atoms with Crippen molar-refractivity contribution in [3.63, 3.8) is 0 Å². The predicted octanol–water partition coefficient (Wildman–Crippen LogP) is 3.97. The van der Waals surface area contributed by atoms with Gasteiger partial charge in [0, 0.05) is 31.4 Å². The Balaban J connectivity index is 1.49. The minimum absolute atomic E-state index is 0.126. The Morgan fingerprint density at radius 2 is 1.80 bits per heavy atom. The number of pyridine rings is 1. The van der Waals surface area contributed by atoms with E-state index in [2.05, 4.69) is 29.2 Å². The average molecular weight is 406 g/mol. The second kappa shape index (κ2) is 8.99. The fraction of sp³-hybridized carbons (Fsp3) is 0.480. The van der Waals surface area contributed by atoms with E-state index in [1.165, 1.54) is 6.42 Å². The maximum absolute atomic E-state index is 13.1. The van der Waals surface area contributed by atoms with Gasteiger partial charge in [0.25, 0.3) is 0 Å². The van der Waals surface area contributed by atoms with Crippen LogP contribution in [0.2, 0.25) is 0 Å². The van der Waals surface area contributed by atoms with Crippen LogP contribution in [0.15, 0.2) is 48.8 Å². The van der Waals surface area contributed by atoms with Gasteiger partial charge in [0.1, 0.15) is 0 Å². The molecule has 1 aliphatic heterocycles. The summed E-state index contributed by atoms with van der Waals surface area (Å²) in [5.74, 6) is 0.0631. The summed E-state index contributed by atoms with van der Waals surface area (Å²) in [6.07, 6.45) is 11.2. The molecule has 2 amide bonds. The maximum Gasteiger partial charge on any atom is 0.225 e. The van der Waals surface area contributed by atoms with E-state index in [1.807, 2.05) is 23.2 Å². The van der Waals surface area contributed by atoms with E-state index in [0.29, 0.717) is 13.0 Å². The number of aromatic nitrogens is 1. The van der Waals surface area contributed by atoms with E-state index in [-0.39, 0.29) is 17.7 Å². The summed E-state index contributed by atoms with van der Waals surface area (Å²) in [6, 6.07) is 12.2. The molecule has 4 rings (SSSR count). The van der Waals surface area contributed by atoms with Crippen LogP contribution in [-0.2, 0) is 16.0 Å². The quantitative estimate of drug-likeness (QED) is 0.818. The molecule has 0 spiro atoms. The number of carbonyl (C=O) groups excluding carboxylic acids is 2. The molecule has 2 fully saturated rings. The monoisotopic (exact) mass is 405 g/mol. The summed E-state index contributed by atoms with van der Waals surface area (Å²) in [5.41, 5.74) is 8.48. The summed E-state index contributed by atoms with van der Waals surface area (Å²) in [5, 5.41) is 0. The first-order valence-electron chi connectivity index (χ1n) is 11.2. The first kappa shape index (κ1) is 20.6. The minimum Gasteiger partial charge on any atom is -0.369 e. The summed E-state index contributed by atoms with van der Waals surface area (Å²) < 4.78 is 0. The van der Waals surface area contributed by atoms with Gasteiger partial charge in [-0.25, -0.2) is 0 Å². The van der Waals surface area contributed by atoms with Crippen LogP contribution in [0.3, 0.4) is 0 Å². The van der Waals surface area contributed by atoms with E-state index in [1.54, 1.807) is 6.20 Å². The van der Waals surface area contributed by atoms with Gasteiger partial charge >= 0.3 is 0 Å².